The van der Waals surface area contributed by atoms with E-state index in [-0.39, 0.29) is 24.5 Å². The molecule has 0 unspecified atom stereocenters. The molecule has 1 amide bonds. The molecule has 1 aromatic heterocycles. The minimum Gasteiger partial charge on any atom is -0.454 e. The van der Waals surface area contributed by atoms with Gasteiger partial charge < -0.3 is 19.2 Å². The van der Waals surface area contributed by atoms with E-state index in [4.69, 9.17) is 13.9 Å². The van der Waals surface area contributed by atoms with Gasteiger partial charge >= 0.3 is 0 Å². The fourth-order valence-electron chi connectivity index (χ4n) is 2.70. The third kappa shape index (κ3) is 2.94. The molecular weight excluding hydrogens is 322 g/mol. The zero-order chi connectivity index (χ0) is 17.4. The summed E-state index contributed by atoms with van der Waals surface area (Å²) >= 11 is 0. The fraction of sp³-hybridized carbons (Fsp3) is 0.158. The molecule has 1 aliphatic heterocycles. The third-order valence-electron chi connectivity index (χ3n) is 4.00. The van der Waals surface area contributed by atoms with Gasteiger partial charge in [-0.3, -0.25) is 9.59 Å². The van der Waals surface area contributed by atoms with Crippen molar-refractivity contribution in [3.8, 4) is 11.5 Å². The average Bonchev–Trinajstić information content (AvgIpc) is 3.08. The number of nitrogens with one attached hydrogen (secondary N) is 1. The van der Waals surface area contributed by atoms with E-state index in [9.17, 15) is 9.59 Å². The lowest BCUT2D eigenvalue weighted by Gasteiger charge is -2.07. The highest BCUT2D eigenvalue weighted by molar-refractivity contribution is 5.93. The first-order valence-corrected chi connectivity index (χ1v) is 7.81. The molecule has 0 fully saturated rings. The average molecular weight is 337 g/mol. The van der Waals surface area contributed by atoms with E-state index < -0.39 is 5.91 Å². The molecule has 3 aromatic rings. The summed E-state index contributed by atoms with van der Waals surface area (Å²) in [6.45, 7) is 2.38. The van der Waals surface area contributed by atoms with Crippen LogP contribution in [0, 0.1) is 6.92 Å². The number of rotatable bonds is 3. The summed E-state index contributed by atoms with van der Waals surface area (Å²) in [6, 6.07) is 11.9. The Balaban J connectivity index is 1.54. The first-order chi connectivity index (χ1) is 12.1. The first kappa shape index (κ1) is 15.3. The number of hydrogen-bond donors (Lipinski definition) is 1. The molecule has 2 aromatic carbocycles. The molecular formula is C19H15NO5. The maximum Gasteiger partial charge on any atom is 0.287 e. The Morgan fingerprint density at radius 2 is 1.92 bits per heavy atom. The molecule has 0 saturated carbocycles. The van der Waals surface area contributed by atoms with Gasteiger partial charge in [-0.2, -0.15) is 0 Å². The number of aryl methyl sites for hydroxylation is 1. The minimum atomic E-state index is -0.447. The molecule has 1 N–H and O–H groups in total. The molecule has 126 valence electrons. The second-order valence-corrected chi connectivity index (χ2v) is 5.84. The van der Waals surface area contributed by atoms with E-state index >= 15 is 0 Å². The lowest BCUT2D eigenvalue weighted by Crippen LogP contribution is -2.24. The fourth-order valence-corrected chi connectivity index (χ4v) is 2.70. The lowest BCUT2D eigenvalue weighted by molar-refractivity contribution is 0.0923. The van der Waals surface area contributed by atoms with Crippen molar-refractivity contribution in [2.75, 3.05) is 6.79 Å². The summed E-state index contributed by atoms with van der Waals surface area (Å²) in [4.78, 5) is 24.5. The number of hydrogen-bond acceptors (Lipinski definition) is 5. The normalized spacial score (nSPS) is 12.4. The number of carbonyl (C=O) groups is 1. The molecule has 0 aliphatic carbocycles. The summed E-state index contributed by atoms with van der Waals surface area (Å²) in [6.07, 6.45) is 0. The Kier molecular flexibility index (Phi) is 3.65. The SMILES string of the molecule is Cc1ccc2oc(C(=O)NCc3ccc4c(c3)OCO4)cc(=O)c2c1. The number of benzene rings is 2. The Bertz CT molecular complexity index is 1040. The highest BCUT2D eigenvalue weighted by Crippen LogP contribution is 2.32. The number of fused-ring (bicyclic) bond motifs is 2. The van der Waals surface area contributed by atoms with E-state index in [2.05, 4.69) is 5.32 Å². The molecule has 0 atom stereocenters. The highest BCUT2D eigenvalue weighted by atomic mass is 16.7. The molecule has 4 rings (SSSR count). The number of ether oxygens (including phenoxy) is 2. The molecule has 2 heterocycles. The molecule has 0 spiro atoms. The van der Waals surface area contributed by atoms with Gasteiger partial charge in [0.25, 0.3) is 5.91 Å². The van der Waals surface area contributed by atoms with Crippen LogP contribution in [-0.4, -0.2) is 12.7 Å². The van der Waals surface area contributed by atoms with Crippen LogP contribution in [0.2, 0.25) is 0 Å². The highest BCUT2D eigenvalue weighted by Gasteiger charge is 2.15. The van der Waals surface area contributed by atoms with Gasteiger partial charge in [0, 0.05) is 12.6 Å². The van der Waals surface area contributed by atoms with Gasteiger partial charge in [0.15, 0.2) is 22.7 Å². The first-order valence-electron chi connectivity index (χ1n) is 7.81. The van der Waals surface area contributed by atoms with Crippen LogP contribution in [0.1, 0.15) is 21.7 Å². The molecule has 0 radical (unpaired) electrons. The van der Waals surface area contributed by atoms with Gasteiger partial charge in [0.1, 0.15) is 5.58 Å². The summed E-state index contributed by atoms with van der Waals surface area (Å²) in [7, 11) is 0. The Morgan fingerprint density at radius 1 is 1.08 bits per heavy atom. The van der Waals surface area contributed by atoms with Crippen molar-refractivity contribution in [3.05, 3.63) is 69.6 Å². The van der Waals surface area contributed by atoms with Gasteiger partial charge in [-0.25, -0.2) is 0 Å². The van der Waals surface area contributed by atoms with E-state index in [1.54, 1.807) is 18.2 Å². The van der Waals surface area contributed by atoms with Gasteiger partial charge in [-0.15, -0.1) is 0 Å². The van der Waals surface area contributed by atoms with Crippen LogP contribution in [0.25, 0.3) is 11.0 Å². The van der Waals surface area contributed by atoms with Crippen molar-refractivity contribution in [2.45, 2.75) is 13.5 Å². The standard InChI is InChI=1S/C19H15NO5/c1-11-2-4-15-13(6-11)14(21)8-18(25-15)19(22)20-9-12-3-5-16-17(7-12)24-10-23-16/h2-8H,9-10H2,1H3,(H,20,22). The smallest absolute Gasteiger partial charge is 0.287 e. The molecule has 25 heavy (non-hydrogen) atoms. The van der Waals surface area contributed by atoms with E-state index in [0.717, 1.165) is 11.1 Å². The number of carbonyl (C=O) groups excluding carboxylic acids is 1. The molecule has 6 nitrogen and oxygen atoms in total. The van der Waals surface area contributed by atoms with Gasteiger partial charge in [0.05, 0.1) is 5.39 Å². The Labute approximate surface area is 143 Å². The second-order valence-electron chi connectivity index (χ2n) is 5.84. The molecule has 1 aliphatic rings. The zero-order valence-corrected chi connectivity index (χ0v) is 13.5. The summed E-state index contributed by atoms with van der Waals surface area (Å²) in [5.41, 5.74) is 1.97. The lowest BCUT2D eigenvalue weighted by atomic mass is 10.1. The number of amides is 1. The van der Waals surface area contributed by atoms with Crippen LogP contribution < -0.4 is 20.2 Å². The third-order valence-corrected chi connectivity index (χ3v) is 4.00. The summed E-state index contributed by atoms with van der Waals surface area (Å²) < 4.78 is 16.1. The van der Waals surface area contributed by atoms with E-state index in [1.807, 2.05) is 25.1 Å². The molecule has 0 bridgehead atoms. The van der Waals surface area contributed by atoms with Gasteiger partial charge in [-0.05, 0) is 36.8 Å². The summed E-state index contributed by atoms with van der Waals surface area (Å²) in [5.74, 6) is 0.879. The van der Waals surface area contributed by atoms with Crippen LogP contribution in [0.5, 0.6) is 11.5 Å². The van der Waals surface area contributed by atoms with Crippen LogP contribution >= 0.6 is 0 Å². The van der Waals surface area contributed by atoms with Gasteiger partial charge in [-0.1, -0.05) is 17.7 Å². The van der Waals surface area contributed by atoms with Gasteiger partial charge in [0.2, 0.25) is 6.79 Å². The van der Waals surface area contributed by atoms with Crippen molar-refractivity contribution in [3.63, 3.8) is 0 Å². The maximum absolute atomic E-state index is 12.3. The monoisotopic (exact) mass is 337 g/mol. The van der Waals surface area contributed by atoms with Crippen LogP contribution in [-0.2, 0) is 6.54 Å². The van der Waals surface area contributed by atoms with Crippen molar-refractivity contribution in [2.24, 2.45) is 0 Å². The van der Waals surface area contributed by atoms with Crippen LogP contribution in [0.3, 0.4) is 0 Å². The topological polar surface area (TPSA) is 77.8 Å². The molecule has 0 saturated heterocycles. The maximum atomic E-state index is 12.3. The van der Waals surface area contributed by atoms with E-state index in [0.29, 0.717) is 22.5 Å². The zero-order valence-electron chi connectivity index (χ0n) is 13.5. The molecule has 6 heteroatoms. The minimum absolute atomic E-state index is 0.0119. The van der Waals surface area contributed by atoms with Crippen LogP contribution in [0.4, 0.5) is 0 Å². The van der Waals surface area contributed by atoms with Crippen LogP contribution in [0.15, 0.2) is 51.7 Å². The largest absolute Gasteiger partial charge is 0.454 e. The predicted molar refractivity (Wildman–Crippen MR) is 91.0 cm³/mol. The van der Waals surface area contributed by atoms with Crippen molar-refractivity contribution >= 4 is 16.9 Å². The quantitative estimate of drug-likeness (QED) is 0.795. The van der Waals surface area contributed by atoms with Crippen molar-refractivity contribution < 1.29 is 18.7 Å². The van der Waals surface area contributed by atoms with E-state index in [1.165, 1.54) is 6.07 Å². The van der Waals surface area contributed by atoms with Crippen molar-refractivity contribution in [1.82, 2.24) is 5.32 Å². The Morgan fingerprint density at radius 3 is 2.80 bits per heavy atom. The Hall–Kier alpha value is -3.28. The summed E-state index contributed by atoms with van der Waals surface area (Å²) in [5, 5.41) is 3.21. The van der Waals surface area contributed by atoms with Crippen molar-refractivity contribution in [1.29, 1.82) is 0 Å². The second kappa shape index (κ2) is 5.98. The predicted octanol–water partition coefficient (Wildman–Crippen LogP) is 2.76.